The Morgan fingerprint density at radius 3 is 2.83 bits per heavy atom. The van der Waals surface area contributed by atoms with Gasteiger partial charge in [0, 0.05) is 18.0 Å². The average Bonchev–Trinajstić information content (AvgIpc) is 2.84. The molecule has 4 nitrogen and oxygen atoms in total. The van der Waals surface area contributed by atoms with Crippen LogP contribution in [0.2, 0.25) is 5.15 Å². The van der Waals surface area contributed by atoms with Crippen molar-refractivity contribution in [1.82, 2.24) is 15.0 Å². The molecule has 0 unspecified atom stereocenters. The monoisotopic (exact) mass is 282 g/mol. The van der Waals surface area contributed by atoms with E-state index in [-0.39, 0.29) is 0 Å². The van der Waals surface area contributed by atoms with Crippen LogP contribution in [-0.4, -0.2) is 22.0 Å². The first-order valence-corrected chi connectivity index (χ1v) is 7.12. The van der Waals surface area contributed by atoms with Gasteiger partial charge in [0.25, 0.3) is 0 Å². The third-order valence-corrected chi connectivity index (χ3v) is 3.58. The van der Waals surface area contributed by atoms with E-state index in [1.807, 2.05) is 17.9 Å². The largest absolute Gasteiger partial charge is 0.353 e. The summed E-state index contributed by atoms with van der Waals surface area (Å²) in [7, 11) is 2.00. The lowest BCUT2D eigenvalue weighted by Crippen LogP contribution is -2.20. The number of nitrogens with zero attached hydrogens (tertiary/aromatic N) is 4. The minimum Gasteiger partial charge on any atom is -0.353 e. The van der Waals surface area contributed by atoms with Gasteiger partial charge in [-0.2, -0.15) is 0 Å². The van der Waals surface area contributed by atoms with Gasteiger partial charge < -0.3 is 4.90 Å². The Labute approximate surface area is 116 Å². The fourth-order valence-electron chi connectivity index (χ4n) is 1.81. The summed E-state index contributed by atoms with van der Waals surface area (Å²) in [6, 6.07) is 0. The molecule has 0 amide bonds. The second-order valence-electron chi connectivity index (χ2n) is 4.05. The van der Waals surface area contributed by atoms with Crippen molar-refractivity contribution >= 4 is 28.8 Å². The van der Waals surface area contributed by atoms with E-state index in [0.29, 0.717) is 5.15 Å². The number of anilines is 1. The second kappa shape index (κ2) is 6.11. The molecule has 2 aromatic heterocycles. The maximum absolute atomic E-state index is 6.14. The highest BCUT2D eigenvalue weighted by molar-refractivity contribution is 7.07. The van der Waals surface area contributed by atoms with Crippen LogP contribution in [0.25, 0.3) is 0 Å². The Bertz CT molecular complexity index is 501. The van der Waals surface area contributed by atoms with Gasteiger partial charge in [0.2, 0.25) is 0 Å². The van der Waals surface area contributed by atoms with E-state index >= 15 is 0 Å². The number of thiazole rings is 1. The molecule has 0 aliphatic rings. The lowest BCUT2D eigenvalue weighted by molar-refractivity contribution is 0.831. The highest BCUT2D eigenvalue weighted by atomic mass is 35.5. The van der Waals surface area contributed by atoms with Gasteiger partial charge in [0.05, 0.1) is 17.7 Å². The Morgan fingerprint density at radius 2 is 2.17 bits per heavy atom. The van der Waals surface area contributed by atoms with Gasteiger partial charge in [-0.15, -0.1) is 11.3 Å². The van der Waals surface area contributed by atoms with Crippen LogP contribution in [0.5, 0.6) is 0 Å². The van der Waals surface area contributed by atoms with Crippen molar-refractivity contribution in [3.05, 3.63) is 33.6 Å². The predicted molar refractivity (Wildman–Crippen MR) is 75.3 cm³/mol. The van der Waals surface area contributed by atoms with Crippen LogP contribution in [0, 0.1) is 0 Å². The lowest BCUT2D eigenvalue weighted by atomic mass is 10.2. The fraction of sp³-hybridized carbons (Fsp3) is 0.417. The third-order valence-electron chi connectivity index (χ3n) is 2.61. The summed E-state index contributed by atoms with van der Waals surface area (Å²) in [6.45, 7) is 2.85. The van der Waals surface area contributed by atoms with Crippen LogP contribution < -0.4 is 4.90 Å². The summed E-state index contributed by atoms with van der Waals surface area (Å²) in [4.78, 5) is 14.7. The summed E-state index contributed by atoms with van der Waals surface area (Å²) in [5, 5.41) is 2.59. The van der Waals surface area contributed by atoms with E-state index < -0.39 is 0 Å². The molecule has 0 aliphatic carbocycles. The molecule has 6 heteroatoms. The molecule has 0 atom stereocenters. The van der Waals surface area contributed by atoms with E-state index in [4.69, 9.17) is 11.6 Å². The Morgan fingerprint density at radius 1 is 1.33 bits per heavy atom. The maximum atomic E-state index is 6.14. The van der Waals surface area contributed by atoms with Crippen LogP contribution in [0.1, 0.15) is 24.6 Å². The summed E-state index contributed by atoms with van der Waals surface area (Å²) in [6.07, 6.45) is 3.41. The molecular formula is C12H15ClN4S. The molecule has 96 valence electrons. The van der Waals surface area contributed by atoms with Crippen LogP contribution in [0.15, 0.2) is 17.2 Å². The van der Waals surface area contributed by atoms with Gasteiger partial charge in [0.15, 0.2) is 0 Å². The topological polar surface area (TPSA) is 41.9 Å². The lowest BCUT2D eigenvalue weighted by Gasteiger charge is -2.20. The molecule has 0 saturated carbocycles. The second-order valence-corrected chi connectivity index (χ2v) is 5.13. The molecule has 2 heterocycles. The average molecular weight is 283 g/mol. The molecule has 18 heavy (non-hydrogen) atoms. The van der Waals surface area contributed by atoms with Gasteiger partial charge in [-0.25, -0.2) is 15.0 Å². The zero-order chi connectivity index (χ0) is 13.0. The first-order valence-electron chi connectivity index (χ1n) is 5.80. The molecule has 0 bridgehead atoms. The van der Waals surface area contributed by atoms with Crippen LogP contribution >= 0.6 is 22.9 Å². The molecule has 0 N–H and O–H groups in total. The molecule has 0 aliphatic heterocycles. The highest BCUT2D eigenvalue weighted by Crippen LogP contribution is 2.24. The van der Waals surface area contributed by atoms with Crippen molar-refractivity contribution in [3.8, 4) is 0 Å². The normalized spacial score (nSPS) is 10.6. The minimum atomic E-state index is 0.548. The smallest absolute Gasteiger partial charge is 0.137 e. The number of hydrogen-bond acceptors (Lipinski definition) is 5. The number of halogens is 1. The van der Waals surface area contributed by atoms with Crippen LogP contribution in [-0.2, 0) is 13.0 Å². The van der Waals surface area contributed by atoms with Crippen molar-refractivity contribution in [2.45, 2.75) is 26.3 Å². The van der Waals surface area contributed by atoms with Gasteiger partial charge in [-0.1, -0.05) is 24.9 Å². The summed E-state index contributed by atoms with van der Waals surface area (Å²) in [5.41, 5.74) is 3.89. The molecule has 0 aromatic carbocycles. The number of hydrogen-bond donors (Lipinski definition) is 0. The highest BCUT2D eigenvalue weighted by Gasteiger charge is 2.13. The van der Waals surface area contributed by atoms with Crippen LogP contribution in [0.3, 0.4) is 0 Å². The minimum absolute atomic E-state index is 0.548. The van der Waals surface area contributed by atoms with Crippen molar-refractivity contribution in [3.63, 3.8) is 0 Å². The predicted octanol–water partition coefficient (Wildman–Crippen LogP) is 3.18. The first kappa shape index (κ1) is 13.2. The van der Waals surface area contributed by atoms with Gasteiger partial charge in [-0.3, -0.25) is 0 Å². The Kier molecular flexibility index (Phi) is 4.49. The maximum Gasteiger partial charge on any atom is 0.137 e. The molecule has 0 saturated heterocycles. The zero-order valence-corrected chi connectivity index (χ0v) is 12.0. The van der Waals surface area contributed by atoms with Gasteiger partial charge in [0.1, 0.15) is 17.3 Å². The van der Waals surface area contributed by atoms with E-state index in [9.17, 15) is 0 Å². The first-order chi connectivity index (χ1) is 8.72. The summed E-state index contributed by atoms with van der Waals surface area (Å²) in [5.74, 6) is 0.893. The zero-order valence-electron chi connectivity index (χ0n) is 10.4. The molecule has 2 aromatic rings. The quantitative estimate of drug-likeness (QED) is 0.790. The Hall–Kier alpha value is -1.20. The molecule has 0 spiro atoms. The standard InChI is InChI=1S/C12H15ClN4S/c1-3-4-10-11(13)14-7-15-12(10)17(2)5-9-6-18-8-16-9/h6-8H,3-5H2,1-2H3. The van der Waals surface area contributed by atoms with E-state index in [0.717, 1.165) is 36.5 Å². The molecule has 2 rings (SSSR count). The van der Waals surface area contributed by atoms with E-state index in [1.165, 1.54) is 6.33 Å². The number of aromatic nitrogens is 3. The van der Waals surface area contributed by atoms with Crippen LogP contribution in [0.4, 0.5) is 5.82 Å². The summed E-state index contributed by atoms with van der Waals surface area (Å²) < 4.78 is 0. The molecule has 0 fully saturated rings. The van der Waals surface area contributed by atoms with E-state index in [2.05, 4.69) is 26.8 Å². The SMILES string of the molecule is CCCc1c(Cl)ncnc1N(C)Cc1cscn1. The molecule has 0 radical (unpaired) electrons. The van der Waals surface area contributed by atoms with Crippen molar-refractivity contribution in [1.29, 1.82) is 0 Å². The van der Waals surface area contributed by atoms with Gasteiger partial charge >= 0.3 is 0 Å². The summed E-state index contributed by atoms with van der Waals surface area (Å²) >= 11 is 7.74. The van der Waals surface area contributed by atoms with Crippen molar-refractivity contribution in [2.75, 3.05) is 11.9 Å². The fourth-order valence-corrected chi connectivity index (χ4v) is 2.58. The van der Waals surface area contributed by atoms with E-state index in [1.54, 1.807) is 11.3 Å². The number of rotatable bonds is 5. The Balaban J connectivity index is 2.23. The van der Waals surface area contributed by atoms with Crippen molar-refractivity contribution < 1.29 is 0 Å². The third kappa shape index (κ3) is 2.97. The van der Waals surface area contributed by atoms with Crippen molar-refractivity contribution in [2.24, 2.45) is 0 Å². The van der Waals surface area contributed by atoms with Gasteiger partial charge in [-0.05, 0) is 6.42 Å². The molecular weight excluding hydrogens is 268 g/mol.